The molecule has 0 aliphatic carbocycles. The second-order valence-electron chi connectivity index (χ2n) is 6.15. The number of aliphatic carboxylic acids is 1. The maximum Gasteiger partial charge on any atom is 0.320 e. The second kappa shape index (κ2) is 7.11. The van der Waals surface area contributed by atoms with Gasteiger partial charge in [0, 0.05) is 38.3 Å². The number of likely N-dealkylation sites (tertiary alicyclic amines) is 1. The molecule has 0 aromatic rings. The average molecular weight is 297 g/mol. The minimum absolute atomic E-state index is 0.0311. The fraction of sp³-hybridized carbons (Fsp3) is 0.867. The largest absolute Gasteiger partial charge is 0.481 e. The van der Waals surface area contributed by atoms with E-state index in [2.05, 4.69) is 18.7 Å². The second-order valence-corrected chi connectivity index (χ2v) is 6.15. The van der Waals surface area contributed by atoms with E-state index in [1.54, 1.807) is 4.90 Å². The number of hydrogen-bond acceptors (Lipinski definition) is 3. The molecule has 2 fully saturated rings. The number of carbonyl (C=O) groups excluding carboxylic acids is 1. The molecule has 0 saturated carbocycles. The van der Waals surface area contributed by atoms with Crippen LogP contribution >= 0.6 is 0 Å². The van der Waals surface area contributed by atoms with Crippen molar-refractivity contribution in [2.75, 3.05) is 32.7 Å². The highest BCUT2D eigenvalue weighted by Gasteiger charge is 2.34. The lowest BCUT2D eigenvalue weighted by Crippen LogP contribution is -2.58. The van der Waals surface area contributed by atoms with Gasteiger partial charge < -0.3 is 14.9 Å². The minimum Gasteiger partial charge on any atom is -0.481 e. The highest BCUT2D eigenvalue weighted by atomic mass is 16.4. The third-order valence-corrected chi connectivity index (χ3v) is 4.72. The summed E-state index contributed by atoms with van der Waals surface area (Å²) < 4.78 is 0. The molecule has 0 radical (unpaired) electrons. The quantitative estimate of drug-likeness (QED) is 0.856. The number of carboxylic acid groups (broad SMARTS) is 1. The van der Waals surface area contributed by atoms with Crippen LogP contribution in [0.3, 0.4) is 0 Å². The van der Waals surface area contributed by atoms with Crippen molar-refractivity contribution < 1.29 is 14.7 Å². The molecule has 1 N–H and O–H groups in total. The van der Waals surface area contributed by atoms with Gasteiger partial charge in [-0.2, -0.15) is 0 Å². The van der Waals surface area contributed by atoms with Crippen LogP contribution in [0.15, 0.2) is 0 Å². The summed E-state index contributed by atoms with van der Waals surface area (Å²) in [6, 6.07) is 0.266. The molecule has 2 aliphatic rings. The van der Waals surface area contributed by atoms with Crippen LogP contribution in [0.4, 0.5) is 4.79 Å². The number of rotatable bonds is 3. The van der Waals surface area contributed by atoms with Gasteiger partial charge in [0.15, 0.2) is 0 Å². The molecule has 2 heterocycles. The zero-order chi connectivity index (χ0) is 15.4. The van der Waals surface area contributed by atoms with Gasteiger partial charge in [0.1, 0.15) is 0 Å². The van der Waals surface area contributed by atoms with Crippen LogP contribution in [-0.4, -0.2) is 76.6 Å². The van der Waals surface area contributed by atoms with Crippen LogP contribution in [0.5, 0.6) is 0 Å². The summed E-state index contributed by atoms with van der Waals surface area (Å²) in [5, 5.41) is 9.03. The van der Waals surface area contributed by atoms with Gasteiger partial charge in [0.2, 0.25) is 0 Å². The van der Waals surface area contributed by atoms with Crippen molar-refractivity contribution >= 4 is 12.0 Å². The summed E-state index contributed by atoms with van der Waals surface area (Å²) in [4.78, 5) is 29.8. The molecule has 0 aromatic heterocycles. The summed E-state index contributed by atoms with van der Waals surface area (Å²) in [6.07, 6.45) is 2.87. The molecule has 2 saturated heterocycles. The third-order valence-electron chi connectivity index (χ3n) is 4.72. The number of carbonyl (C=O) groups is 2. The Bertz CT molecular complexity index is 388. The Morgan fingerprint density at radius 3 is 2.57 bits per heavy atom. The first-order chi connectivity index (χ1) is 10.0. The number of likely N-dealkylation sites (N-methyl/N-ethyl adjacent to an activating group) is 1. The molecular weight excluding hydrogens is 270 g/mol. The highest BCUT2D eigenvalue weighted by Crippen LogP contribution is 2.22. The predicted octanol–water partition coefficient (Wildman–Crippen LogP) is 1.46. The number of carboxylic acids is 1. The van der Waals surface area contributed by atoms with Gasteiger partial charge in [0.05, 0.1) is 6.42 Å². The molecule has 0 bridgehead atoms. The van der Waals surface area contributed by atoms with Gasteiger partial charge in [-0.25, -0.2) is 4.79 Å². The van der Waals surface area contributed by atoms with Gasteiger partial charge in [-0.15, -0.1) is 0 Å². The van der Waals surface area contributed by atoms with E-state index in [1.165, 1.54) is 0 Å². The van der Waals surface area contributed by atoms with E-state index >= 15 is 0 Å². The molecule has 2 aliphatic heterocycles. The van der Waals surface area contributed by atoms with Crippen LogP contribution in [0.2, 0.25) is 0 Å². The normalized spacial score (nSPS) is 27.7. The first kappa shape index (κ1) is 16.1. The monoisotopic (exact) mass is 297 g/mol. The van der Waals surface area contributed by atoms with Gasteiger partial charge >= 0.3 is 12.0 Å². The highest BCUT2D eigenvalue weighted by molar-refractivity contribution is 5.76. The van der Waals surface area contributed by atoms with Crippen LogP contribution in [-0.2, 0) is 4.79 Å². The fourth-order valence-electron chi connectivity index (χ4n) is 3.49. The molecule has 2 amide bonds. The van der Waals surface area contributed by atoms with Crippen LogP contribution in [0.25, 0.3) is 0 Å². The lowest BCUT2D eigenvalue weighted by molar-refractivity contribution is -0.138. The van der Waals surface area contributed by atoms with Crippen molar-refractivity contribution in [1.82, 2.24) is 14.7 Å². The summed E-state index contributed by atoms with van der Waals surface area (Å²) in [5.74, 6) is -0.816. The lowest BCUT2D eigenvalue weighted by Gasteiger charge is -2.43. The molecule has 2 atom stereocenters. The summed E-state index contributed by atoms with van der Waals surface area (Å²) in [6.45, 7) is 8.38. The van der Waals surface area contributed by atoms with Crippen LogP contribution < -0.4 is 0 Å². The molecule has 2 unspecified atom stereocenters. The Balaban J connectivity index is 1.98. The fourth-order valence-corrected chi connectivity index (χ4v) is 3.49. The SMILES string of the molecule is CCN1CCN(C(=O)N2CCCCC2CC(=O)O)CC1C. The topological polar surface area (TPSA) is 64.1 Å². The van der Waals surface area contributed by atoms with E-state index in [0.717, 1.165) is 45.4 Å². The number of nitrogens with zero attached hydrogens (tertiary/aromatic N) is 3. The van der Waals surface area contributed by atoms with Gasteiger partial charge in [-0.1, -0.05) is 6.92 Å². The lowest BCUT2D eigenvalue weighted by atomic mass is 9.99. The van der Waals surface area contributed by atoms with Crippen molar-refractivity contribution in [2.24, 2.45) is 0 Å². The van der Waals surface area contributed by atoms with Crippen molar-refractivity contribution in [1.29, 1.82) is 0 Å². The number of hydrogen-bond donors (Lipinski definition) is 1. The zero-order valence-corrected chi connectivity index (χ0v) is 13.1. The molecule has 0 spiro atoms. The van der Waals surface area contributed by atoms with Gasteiger partial charge in [-0.3, -0.25) is 9.69 Å². The maximum atomic E-state index is 12.7. The Labute approximate surface area is 126 Å². The van der Waals surface area contributed by atoms with E-state index in [-0.39, 0.29) is 18.5 Å². The maximum absolute atomic E-state index is 12.7. The Kier molecular flexibility index (Phi) is 5.45. The Morgan fingerprint density at radius 1 is 1.19 bits per heavy atom. The van der Waals surface area contributed by atoms with Crippen LogP contribution in [0.1, 0.15) is 39.5 Å². The summed E-state index contributed by atoms with van der Waals surface area (Å²) in [7, 11) is 0. The smallest absolute Gasteiger partial charge is 0.320 e. The van der Waals surface area contributed by atoms with Crippen molar-refractivity contribution in [2.45, 2.75) is 51.6 Å². The molecular formula is C15H27N3O3. The number of urea groups is 1. The number of piperidine rings is 1. The minimum atomic E-state index is -0.816. The predicted molar refractivity (Wildman–Crippen MR) is 80.3 cm³/mol. The van der Waals surface area contributed by atoms with Crippen molar-refractivity contribution in [3.63, 3.8) is 0 Å². The van der Waals surface area contributed by atoms with Crippen LogP contribution in [0, 0.1) is 0 Å². The van der Waals surface area contributed by atoms with Crippen molar-refractivity contribution in [3.8, 4) is 0 Å². The Hall–Kier alpha value is -1.30. The van der Waals surface area contributed by atoms with E-state index in [1.807, 2.05) is 4.90 Å². The van der Waals surface area contributed by atoms with Crippen molar-refractivity contribution in [3.05, 3.63) is 0 Å². The van der Waals surface area contributed by atoms with Gasteiger partial charge in [-0.05, 0) is 32.7 Å². The van der Waals surface area contributed by atoms with E-state index < -0.39 is 5.97 Å². The summed E-state index contributed by atoms with van der Waals surface area (Å²) >= 11 is 0. The average Bonchev–Trinajstić information content (AvgIpc) is 2.46. The standard InChI is InChI=1S/C15H27N3O3/c1-3-16-8-9-17(11-12(16)2)15(21)18-7-5-4-6-13(18)10-14(19)20/h12-13H,3-11H2,1-2H3,(H,19,20). The van der Waals surface area contributed by atoms with Gasteiger partial charge in [0.25, 0.3) is 0 Å². The Morgan fingerprint density at radius 2 is 1.95 bits per heavy atom. The molecule has 0 aromatic carbocycles. The molecule has 6 heteroatoms. The molecule has 6 nitrogen and oxygen atoms in total. The summed E-state index contributed by atoms with van der Waals surface area (Å²) in [5.41, 5.74) is 0. The van der Waals surface area contributed by atoms with E-state index in [0.29, 0.717) is 12.6 Å². The first-order valence-electron chi connectivity index (χ1n) is 8.04. The molecule has 2 rings (SSSR count). The number of piperazine rings is 1. The molecule has 120 valence electrons. The molecule has 21 heavy (non-hydrogen) atoms. The zero-order valence-electron chi connectivity index (χ0n) is 13.1. The van der Waals surface area contributed by atoms with E-state index in [9.17, 15) is 9.59 Å². The first-order valence-corrected chi connectivity index (χ1v) is 8.04. The third kappa shape index (κ3) is 3.87. The number of amides is 2. The van der Waals surface area contributed by atoms with E-state index in [4.69, 9.17) is 5.11 Å².